The Morgan fingerprint density at radius 2 is 2.10 bits per heavy atom. The van der Waals surface area contributed by atoms with Crippen molar-refractivity contribution in [2.75, 3.05) is 18.0 Å². The van der Waals surface area contributed by atoms with Gasteiger partial charge in [-0.3, -0.25) is 4.79 Å². The van der Waals surface area contributed by atoms with E-state index in [0.717, 1.165) is 23.9 Å². The molecular weight excluding hydrogens is 286 g/mol. The Balaban J connectivity index is 1.38. The number of aryl methyl sites for hydroxylation is 1. The highest BCUT2D eigenvalue weighted by atomic mass is 32.1. The Morgan fingerprint density at radius 1 is 1.29 bits per heavy atom. The van der Waals surface area contributed by atoms with Gasteiger partial charge >= 0.3 is 0 Å². The molecule has 0 radical (unpaired) electrons. The minimum Gasteiger partial charge on any atom is -0.346 e. The van der Waals surface area contributed by atoms with Gasteiger partial charge in [-0.2, -0.15) is 5.10 Å². The van der Waals surface area contributed by atoms with E-state index >= 15 is 0 Å². The van der Waals surface area contributed by atoms with Crippen LogP contribution < -0.4 is 10.5 Å². The molecule has 1 saturated carbocycles. The van der Waals surface area contributed by atoms with Crippen LogP contribution in [0.5, 0.6) is 0 Å². The quantitative estimate of drug-likeness (QED) is 0.854. The number of hydrogen-bond acceptors (Lipinski definition) is 6. The van der Waals surface area contributed by atoms with Crippen molar-refractivity contribution in [1.29, 1.82) is 0 Å². The molecule has 0 aromatic carbocycles. The summed E-state index contributed by atoms with van der Waals surface area (Å²) < 4.78 is 1.58. The Labute approximate surface area is 126 Å². The van der Waals surface area contributed by atoms with E-state index in [1.54, 1.807) is 28.2 Å². The zero-order valence-electron chi connectivity index (χ0n) is 11.9. The zero-order chi connectivity index (χ0) is 14.4. The minimum atomic E-state index is -0.0222. The van der Waals surface area contributed by atoms with Crippen molar-refractivity contribution in [1.82, 2.24) is 20.0 Å². The molecule has 110 valence electrons. The first-order valence-corrected chi connectivity index (χ1v) is 8.14. The van der Waals surface area contributed by atoms with Crippen molar-refractivity contribution in [3.8, 4) is 0 Å². The molecule has 2 fully saturated rings. The second-order valence-corrected chi connectivity index (χ2v) is 6.95. The Kier molecular flexibility index (Phi) is 3.02. The fraction of sp³-hybridized carbons (Fsp3) is 0.571. The van der Waals surface area contributed by atoms with Crippen LogP contribution in [0.15, 0.2) is 16.9 Å². The van der Waals surface area contributed by atoms with Gasteiger partial charge in [-0.05, 0) is 25.8 Å². The van der Waals surface area contributed by atoms with Crippen LogP contribution in [0, 0.1) is 12.8 Å². The predicted octanol–water partition coefficient (Wildman–Crippen LogP) is 1.42. The van der Waals surface area contributed by atoms with Crippen LogP contribution in [0.25, 0.3) is 0 Å². The maximum atomic E-state index is 11.8. The van der Waals surface area contributed by atoms with Gasteiger partial charge in [0.2, 0.25) is 5.13 Å². The highest BCUT2D eigenvalue weighted by Crippen LogP contribution is 2.43. The molecule has 6 nitrogen and oxygen atoms in total. The number of aromatic nitrogens is 4. The SMILES string of the molecule is Cc1ccc(=O)n(CC2CN(c3nnc(C4CC4)s3)C2)n1. The third-order valence-corrected chi connectivity index (χ3v) is 5.16. The lowest BCUT2D eigenvalue weighted by Crippen LogP contribution is -2.49. The average Bonchev–Trinajstić information content (AvgIpc) is 3.16. The molecule has 0 amide bonds. The van der Waals surface area contributed by atoms with Gasteiger partial charge in [0.25, 0.3) is 5.56 Å². The summed E-state index contributed by atoms with van der Waals surface area (Å²) in [5, 5.41) is 15.1. The van der Waals surface area contributed by atoms with Gasteiger partial charge in [-0.25, -0.2) is 4.68 Å². The Hall–Kier alpha value is -1.76. The van der Waals surface area contributed by atoms with E-state index in [1.807, 2.05) is 6.92 Å². The van der Waals surface area contributed by atoms with Crippen molar-refractivity contribution in [2.24, 2.45) is 5.92 Å². The Bertz CT molecular complexity index is 714. The maximum Gasteiger partial charge on any atom is 0.266 e. The van der Waals surface area contributed by atoms with E-state index in [4.69, 9.17) is 0 Å². The van der Waals surface area contributed by atoms with Crippen molar-refractivity contribution >= 4 is 16.5 Å². The normalized spacial score (nSPS) is 18.8. The van der Waals surface area contributed by atoms with E-state index in [1.165, 1.54) is 17.8 Å². The first-order chi connectivity index (χ1) is 10.2. The van der Waals surface area contributed by atoms with Crippen LogP contribution >= 0.6 is 11.3 Å². The summed E-state index contributed by atoms with van der Waals surface area (Å²) in [7, 11) is 0. The fourth-order valence-corrected chi connectivity index (χ4v) is 3.65. The van der Waals surface area contributed by atoms with Gasteiger partial charge in [0.05, 0.1) is 12.2 Å². The molecule has 0 spiro atoms. The summed E-state index contributed by atoms with van der Waals surface area (Å²) in [5.74, 6) is 1.13. The third-order valence-electron chi connectivity index (χ3n) is 4.02. The molecule has 1 aliphatic carbocycles. The number of rotatable bonds is 4. The molecule has 7 heteroatoms. The topological polar surface area (TPSA) is 63.9 Å². The summed E-state index contributed by atoms with van der Waals surface area (Å²) in [5.41, 5.74) is 0.856. The largest absolute Gasteiger partial charge is 0.346 e. The molecule has 2 aliphatic rings. The van der Waals surface area contributed by atoms with Gasteiger partial charge in [0.1, 0.15) is 5.01 Å². The van der Waals surface area contributed by atoms with Gasteiger partial charge in [-0.15, -0.1) is 10.2 Å². The molecule has 2 aromatic rings. The average molecular weight is 303 g/mol. The fourth-order valence-electron chi connectivity index (χ4n) is 2.62. The van der Waals surface area contributed by atoms with Crippen LogP contribution in [0.4, 0.5) is 5.13 Å². The van der Waals surface area contributed by atoms with Crippen molar-refractivity contribution in [3.63, 3.8) is 0 Å². The van der Waals surface area contributed by atoms with E-state index < -0.39 is 0 Å². The summed E-state index contributed by atoms with van der Waals surface area (Å²) in [6.45, 7) is 4.46. The Morgan fingerprint density at radius 3 is 2.86 bits per heavy atom. The summed E-state index contributed by atoms with van der Waals surface area (Å²) in [4.78, 5) is 14.0. The minimum absolute atomic E-state index is 0.0222. The van der Waals surface area contributed by atoms with E-state index in [2.05, 4.69) is 20.2 Å². The lowest BCUT2D eigenvalue weighted by molar-refractivity contribution is 0.333. The van der Waals surface area contributed by atoms with Crippen molar-refractivity contribution in [3.05, 3.63) is 33.2 Å². The first kappa shape index (κ1) is 12.9. The summed E-state index contributed by atoms with van der Waals surface area (Å²) in [6, 6.07) is 3.35. The van der Waals surface area contributed by atoms with Crippen LogP contribution in [0.1, 0.15) is 29.5 Å². The molecule has 0 unspecified atom stereocenters. The van der Waals surface area contributed by atoms with Crippen LogP contribution in [0.2, 0.25) is 0 Å². The monoisotopic (exact) mass is 303 g/mol. The lowest BCUT2D eigenvalue weighted by Gasteiger charge is -2.38. The second-order valence-electron chi connectivity index (χ2n) is 5.96. The maximum absolute atomic E-state index is 11.8. The molecule has 0 atom stereocenters. The summed E-state index contributed by atoms with van der Waals surface area (Å²) in [6.07, 6.45) is 2.53. The lowest BCUT2D eigenvalue weighted by atomic mass is 10.0. The highest BCUT2D eigenvalue weighted by molar-refractivity contribution is 7.15. The van der Waals surface area contributed by atoms with Crippen LogP contribution in [0.3, 0.4) is 0 Å². The van der Waals surface area contributed by atoms with E-state index in [9.17, 15) is 4.79 Å². The van der Waals surface area contributed by atoms with Gasteiger partial charge in [0, 0.05) is 31.0 Å². The number of hydrogen-bond donors (Lipinski definition) is 0. The smallest absolute Gasteiger partial charge is 0.266 e. The standard InChI is InChI=1S/C14H17N5OS/c1-9-2-5-12(20)19(17-9)8-10-6-18(7-10)14-16-15-13(21-14)11-3-4-11/h2,5,10-11H,3-4,6-8H2,1H3. The van der Waals surface area contributed by atoms with Crippen molar-refractivity contribution < 1.29 is 0 Å². The van der Waals surface area contributed by atoms with Crippen LogP contribution in [-0.4, -0.2) is 33.1 Å². The molecule has 1 saturated heterocycles. The van der Waals surface area contributed by atoms with E-state index in [-0.39, 0.29) is 5.56 Å². The molecule has 2 aromatic heterocycles. The number of anilines is 1. The molecule has 0 bridgehead atoms. The molecule has 0 N–H and O–H groups in total. The number of nitrogens with zero attached hydrogens (tertiary/aromatic N) is 5. The molecule has 21 heavy (non-hydrogen) atoms. The van der Waals surface area contributed by atoms with E-state index in [0.29, 0.717) is 18.4 Å². The molecular formula is C14H17N5OS. The van der Waals surface area contributed by atoms with Gasteiger partial charge in [0.15, 0.2) is 0 Å². The zero-order valence-corrected chi connectivity index (χ0v) is 12.7. The predicted molar refractivity (Wildman–Crippen MR) is 80.8 cm³/mol. The van der Waals surface area contributed by atoms with Gasteiger partial charge in [-0.1, -0.05) is 11.3 Å². The van der Waals surface area contributed by atoms with Crippen LogP contribution in [-0.2, 0) is 6.54 Å². The highest BCUT2D eigenvalue weighted by Gasteiger charge is 2.32. The second kappa shape index (κ2) is 4.91. The first-order valence-electron chi connectivity index (χ1n) is 7.32. The molecule has 1 aliphatic heterocycles. The van der Waals surface area contributed by atoms with Crippen molar-refractivity contribution in [2.45, 2.75) is 32.2 Å². The molecule has 3 heterocycles. The van der Waals surface area contributed by atoms with Gasteiger partial charge < -0.3 is 4.90 Å². The third kappa shape index (κ3) is 2.57. The summed E-state index contributed by atoms with van der Waals surface area (Å²) >= 11 is 1.72. The molecule has 4 rings (SSSR count).